The predicted octanol–water partition coefficient (Wildman–Crippen LogP) is 1.16. The summed E-state index contributed by atoms with van der Waals surface area (Å²) in [5.74, 6) is -1.27. The summed E-state index contributed by atoms with van der Waals surface area (Å²) in [6, 6.07) is 6.38. The smallest absolute Gasteiger partial charge is 0.338 e. The quantitative estimate of drug-likeness (QED) is 0.624. The highest BCUT2D eigenvalue weighted by molar-refractivity contribution is 6.05. The predicted molar refractivity (Wildman–Crippen MR) is 71.4 cm³/mol. The van der Waals surface area contributed by atoms with Gasteiger partial charge in [0.1, 0.15) is 0 Å². The summed E-state index contributed by atoms with van der Waals surface area (Å²) in [6.07, 6.45) is 0.703. The van der Waals surface area contributed by atoms with E-state index < -0.39 is 5.97 Å². The lowest BCUT2D eigenvalue weighted by atomic mass is 10.1. The van der Waals surface area contributed by atoms with E-state index in [2.05, 4.69) is 14.8 Å². The van der Waals surface area contributed by atoms with E-state index in [9.17, 15) is 14.4 Å². The normalized spacial score (nSPS) is 9.70. The maximum Gasteiger partial charge on any atom is 0.338 e. The van der Waals surface area contributed by atoms with E-state index in [0.717, 1.165) is 0 Å². The molecule has 1 aromatic carbocycles. The van der Waals surface area contributed by atoms with E-state index in [1.807, 2.05) is 0 Å². The summed E-state index contributed by atoms with van der Waals surface area (Å²) in [7, 11) is 2.57. The van der Waals surface area contributed by atoms with Crippen molar-refractivity contribution in [1.29, 1.82) is 0 Å². The molecule has 1 aromatic rings. The maximum atomic E-state index is 12.0. The van der Waals surface area contributed by atoms with Gasteiger partial charge in [0.2, 0.25) is 0 Å². The topological polar surface area (TPSA) is 81.7 Å². The number of methoxy groups -OCH3 is 2. The van der Waals surface area contributed by atoms with Gasteiger partial charge in [-0.1, -0.05) is 12.1 Å². The minimum Gasteiger partial charge on any atom is -0.469 e. The molecule has 0 radical (unpaired) electrons. The van der Waals surface area contributed by atoms with Gasteiger partial charge in [-0.25, -0.2) is 4.79 Å². The van der Waals surface area contributed by atoms with Gasteiger partial charge in [-0.2, -0.15) is 0 Å². The molecule has 1 N–H and O–H groups in total. The molecule has 1 rings (SSSR count). The molecule has 0 aliphatic heterocycles. The third-order valence-electron chi connectivity index (χ3n) is 2.65. The monoisotopic (exact) mass is 279 g/mol. The Morgan fingerprint density at radius 3 is 2.30 bits per heavy atom. The van der Waals surface area contributed by atoms with Crippen molar-refractivity contribution in [3.8, 4) is 0 Å². The molecule has 0 saturated carbocycles. The molecule has 0 heterocycles. The van der Waals surface area contributed by atoms with Gasteiger partial charge in [0.25, 0.3) is 5.91 Å². The zero-order chi connectivity index (χ0) is 15.0. The average Bonchev–Trinajstić information content (AvgIpc) is 2.50. The van der Waals surface area contributed by atoms with Crippen LogP contribution in [0.15, 0.2) is 24.3 Å². The molecule has 1 amide bonds. The highest BCUT2D eigenvalue weighted by Crippen LogP contribution is 2.10. The van der Waals surface area contributed by atoms with E-state index >= 15 is 0 Å². The number of esters is 2. The van der Waals surface area contributed by atoms with Crippen molar-refractivity contribution in [2.45, 2.75) is 12.8 Å². The lowest BCUT2D eigenvalue weighted by molar-refractivity contribution is -0.140. The van der Waals surface area contributed by atoms with Crippen LogP contribution < -0.4 is 5.32 Å². The van der Waals surface area contributed by atoms with Crippen molar-refractivity contribution in [2.75, 3.05) is 20.8 Å². The number of amides is 1. The molecule has 6 heteroatoms. The SMILES string of the molecule is COC(=O)CCCNC(=O)c1ccccc1C(=O)OC. The lowest BCUT2D eigenvalue weighted by Gasteiger charge is -2.08. The van der Waals surface area contributed by atoms with Crippen LogP contribution in [-0.4, -0.2) is 38.6 Å². The van der Waals surface area contributed by atoms with Crippen LogP contribution in [0, 0.1) is 0 Å². The first-order chi connectivity index (χ1) is 9.60. The van der Waals surface area contributed by atoms with Crippen molar-refractivity contribution in [3.63, 3.8) is 0 Å². The van der Waals surface area contributed by atoms with Gasteiger partial charge in [0, 0.05) is 13.0 Å². The number of carbonyl (C=O) groups excluding carboxylic acids is 3. The van der Waals surface area contributed by atoms with Gasteiger partial charge < -0.3 is 14.8 Å². The van der Waals surface area contributed by atoms with Crippen LogP contribution in [0.2, 0.25) is 0 Å². The van der Waals surface area contributed by atoms with Crippen LogP contribution in [-0.2, 0) is 14.3 Å². The Kier molecular flexibility index (Phi) is 6.22. The fourth-order valence-corrected chi connectivity index (χ4v) is 1.60. The molecule has 0 unspecified atom stereocenters. The molecule has 0 atom stereocenters. The first kappa shape index (κ1) is 15.7. The standard InChI is InChI=1S/C14H17NO5/c1-19-12(16)8-5-9-15-13(17)10-6-3-4-7-11(10)14(18)20-2/h3-4,6-7H,5,8-9H2,1-2H3,(H,15,17). The van der Waals surface area contributed by atoms with Gasteiger partial charge in [-0.3, -0.25) is 9.59 Å². The van der Waals surface area contributed by atoms with E-state index in [4.69, 9.17) is 0 Å². The molecule has 0 spiro atoms. The minimum absolute atomic E-state index is 0.209. The number of ether oxygens (including phenoxy) is 2. The number of hydrogen-bond donors (Lipinski definition) is 1. The van der Waals surface area contributed by atoms with Gasteiger partial charge in [-0.15, -0.1) is 0 Å². The molecule has 20 heavy (non-hydrogen) atoms. The minimum atomic E-state index is -0.565. The van der Waals surface area contributed by atoms with Crippen LogP contribution >= 0.6 is 0 Å². The van der Waals surface area contributed by atoms with E-state index in [-0.39, 0.29) is 29.4 Å². The summed E-state index contributed by atoms with van der Waals surface area (Å²) < 4.78 is 9.11. The van der Waals surface area contributed by atoms with E-state index in [1.54, 1.807) is 18.2 Å². The molecule has 6 nitrogen and oxygen atoms in total. The van der Waals surface area contributed by atoms with Crippen LogP contribution in [0.25, 0.3) is 0 Å². The highest BCUT2D eigenvalue weighted by atomic mass is 16.5. The summed E-state index contributed by atoms with van der Waals surface area (Å²) in [4.78, 5) is 34.4. The summed E-state index contributed by atoms with van der Waals surface area (Å²) in [6.45, 7) is 0.323. The Morgan fingerprint density at radius 2 is 1.70 bits per heavy atom. The molecule has 0 aromatic heterocycles. The molecular weight excluding hydrogens is 262 g/mol. The molecule has 0 aliphatic rings. The third kappa shape index (κ3) is 4.38. The first-order valence-corrected chi connectivity index (χ1v) is 6.12. The van der Waals surface area contributed by atoms with Crippen LogP contribution in [0.4, 0.5) is 0 Å². The first-order valence-electron chi connectivity index (χ1n) is 6.12. The summed E-state index contributed by atoms with van der Waals surface area (Å²) >= 11 is 0. The van der Waals surface area contributed by atoms with E-state index in [1.165, 1.54) is 20.3 Å². The van der Waals surface area contributed by atoms with Crippen molar-refractivity contribution in [2.24, 2.45) is 0 Å². The number of rotatable bonds is 6. The second-order valence-corrected chi connectivity index (χ2v) is 3.97. The zero-order valence-electron chi connectivity index (χ0n) is 11.5. The maximum absolute atomic E-state index is 12.0. The van der Waals surface area contributed by atoms with Crippen molar-refractivity contribution in [1.82, 2.24) is 5.32 Å². The Labute approximate surface area is 117 Å². The van der Waals surface area contributed by atoms with Crippen molar-refractivity contribution >= 4 is 17.8 Å². The summed E-state index contributed by atoms with van der Waals surface area (Å²) in [5, 5.41) is 2.64. The molecular formula is C14H17NO5. The fraction of sp³-hybridized carbons (Fsp3) is 0.357. The van der Waals surface area contributed by atoms with E-state index in [0.29, 0.717) is 13.0 Å². The van der Waals surface area contributed by atoms with Crippen LogP contribution in [0.3, 0.4) is 0 Å². The Hall–Kier alpha value is -2.37. The number of carbonyl (C=O) groups is 3. The van der Waals surface area contributed by atoms with Gasteiger partial charge in [0.05, 0.1) is 25.3 Å². The lowest BCUT2D eigenvalue weighted by Crippen LogP contribution is -2.27. The van der Waals surface area contributed by atoms with Crippen molar-refractivity contribution in [3.05, 3.63) is 35.4 Å². The largest absolute Gasteiger partial charge is 0.469 e. The molecule has 0 aliphatic carbocycles. The van der Waals surface area contributed by atoms with Gasteiger partial charge in [-0.05, 0) is 18.6 Å². The number of nitrogens with one attached hydrogen (secondary N) is 1. The molecule has 0 fully saturated rings. The van der Waals surface area contributed by atoms with Gasteiger partial charge in [0.15, 0.2) is 0 Å². The number of hydrogen-bond acceptors (Lipinski definition) is 5. The highest BCUT2D eigenvalue weighted by Gasteiger charge is 2.16. The third-order valence-corrected chi connectivity index (χ3v) is 2.65. The van der Waals surface area contributed by atoms with Crippen molar-refractivity contribution < 1.29 is 23.9 Å². The van der Waals surface area contributed by atoms with Crippen LogP contribution in [0.5, 0.6) is 0 Å². The second-order valence-electron chi connectivity index (χ2n) is 3.97. The van der Waals surface area contributed by atoms with Crippen LogP contribution in [0.1, 0.15) is 33.6 Å². The Balaban J connectivity index is 2.60. The fourth-order valence-electron chi connectivity index (χ4n) is 1.60. The zero-order valence-corrected chi connectivity index (χ0v) is 11.5. The number of benzene rings is 1. The average molecular weight is 279 g/mol. The Morgan fingerprint density at radius 1 is 1.05 bits per heavy atom. The molecule has 108 valence electrons. The molecule has 0 saturated heterocycles. The Bertz CT molecular complexity index is 498. The molecule has 0 bridgehead atoms. The second kappa shape index (κ2) is 7.93. The summed E-state index contributed by atoms with van der Waals surface area (Å²) in [5.41, 5.74) is 0.456. The van der Waals surface area contributed by atoms with Gasteiger partial charge >= 0.3 is 11.9 Å².